The number of hydrogen-bond acceptors (Lipinski definition) is 2. The summed E-state index contributed by atoms with van der Waals surface area (Å²) in [5.74, 6) is -2.04. The summed E-state index contributed by atoms with van der Waals surface area (Å²) < 4.78 is 42.2. The van der Waals surface area contributed by atoms with Gasteiger partial charge in [0, 0.05) is 18.9 Å². The normalized spacial score (nSPS) is 38.5. The van der Waals surface area contributed by atoms with Crippen molar-refractivity contribution in [2.24, 2.45) is 11.8 Å². The van der Waals surface area contributed by atoms with Crippen molar-refractivity contribution in [1.29, 1.82) is 0 Å². The largest absolute Gasteiger partial charge is 0.392 e. The van der Waals surface area contributed by atoms with Crippen molar-refractivity contribution in [1.82, 2.24) is 0 Å². The monoisotopic (exact) mass is 208 g/mol. The standard InChI is InChI=1S/C9H11F3O2/c10-9(11,12)5-3-7(13)6-1-2-14-8(6)4-5/h5-6,8H,1-4H2. The molecule has 1 saturated carbocycles. The van der Waals surface area contributed by atoms with Crippen LogP contribution >= 0.6 is 0 Å². The number of ether oxygens (including phenoxy) is 1. The van der Waals surface area contributed by atoms with Crippen LogP contribution in [0.5, 0.6) is 0 Å². The first-order chi connectivity index (χ1) is 6.48. The second-order valence-electron chi connectivity index (χ2n) is 3.95. The number of Topliss-reactive ketones (excluding diaryl/α,β-unsaturated/α-hetero) is 1. The first-order valence-corrected chi connectivity index (χ1v) is 4.69. The number of rotatable bonds is 0. The van der Waals surface area contributed by atoms with E-state index in [9.17, 15) is 18.0 Å². The van der Waals surface area contributed by atoms with E-state index in [1.54, 1.807) is 0 Å². The first-order valence-electron chi connectivity index (χ1n) is 4.69. The molecule has 3 atom stereocenters. The molecule has 0 aromatic carbocycles. The van der Waals surface area contributed by atoms with E-state index in [2.05, 4.69) is 0 Å². The van der Waals surface area contributed by atoms with E-state index < -0.39 is 18.2 Å². The lowest BCUT2D eigenvalue weighted by molar-refractivity contribution is -0.193. The van der Waals surface area contributed by atoms with Crippen molar-refractivity contribution >= 4 is 5.78 Å². The fraction of sp³-hybridized carbons (Fsp3) is 0.889. The molecule has 0 aromatic heterocycles. The summed E-state index contributed by atoms with van der Waals surface area (Å²) >= 11 is 0. The molecule has 0 spiro atoms. The van der Waals surface area contributed by atoms with Gasteiger partial charge in [0.25, 0.3) is 0 Å². The number of carbonyl (C=O) groups excluding carboxylic acids is 1. The molecule has 2 nitrogen and oxygen atoms in total. The molecule has 2 fully saturated rings. The highest BCUT2D eigenvalue weighted by molar-refractivity contribution is 5.83. The molecule has 1 aliphatic carbocycles. The lowest BCUT2D eigenvalue weighted by atomic mass is 9.78. The van der Waals surface area contributed by atoms with Gasteiger partial charge in [-0.2, -0.15) is 13.2 Å². The summed E-state index contributed by atoms with van der Waals surface area (Å²) in [6.07, 6.45) is -4.54. The van der Waals surface area contributed by atoms with Gasteiger partial charge in [0.15, 0.2) is 0 Å². The molecule has 0 N–H and O–H groups in total. The maximum absolute atomic E-state index is 12.4. The minimum Gasteiger partial charge on any atom is -0.377 e. The van der Waals surface area contributed by atoms with Crippen LogP contribution in [0.1, 0.15) is 19.3 Å². The number of fused-ring (bicyclic) bond motifs is 1. The Morgan fingerprint density at radius 2 is 2.07 bits per heavy atom. The molecule has 1 heterocycles. The van der Waals surface area contributed by atoms with Crippen LogP contribution in [0.3, 0.4) is 0 Å². The van der Waals surface area contributed by atoms with Gasteiger partial charge in [-0.25, -0.2) is 0 Å². The molecule has 2 rings (SSSR count). The molecule has 14 heavy (non-hydrogen) atoms. The molecule has 5 heteroatoms. The topological polar surface area (TPSA) is 26.3 Å². The van der Waals surface area contributed by atoms with Gasteiger partial charge in [-0.1, -0.05) is 0 Å². The SMILES string of the molecule is O=C1CC(C(F)(F)F)CC2OCCC12. The van der Waals surface area contributed by atoms with Crippen molar-refractivity contribution in [3.8, 4) is 0 Å². The second kappa shape index (κ2) is 3.22. The van der Waals surface area contributed by atoms with Crippen molar-refractivity contribution < 1.29 is 22.7 Å². The van der Waals surface area contributed by atoms with Crippen LogP contribution in [0, 0.1) is 11.8 Å². The van der Waals surface area contributed by atoms with Crippen LogP contribution in [-0.4, -0.2) is 24.7 Å². The average molecular weight is 208 g/mol. The van der Waals surface area contributed by atoms with Gasteiger partial charge in [-0.3, -0.25) is 4.79 Å². The van der Waals surface area contributed by atoms with Gasteiger partial charge >= 0.3 is 6.18 Å². The Hall–Kier alpha value is -0.580. The Bertz CT molecular complexity index is 249. The Labute approximate surface area is 79.4 Å². The lowest BCUT2D eigenvalue weighted by Gasteiger charge is -2.30. The van der Waals surface area contributed by atoms with E-state index in [4.69, 9.17) is 4.74 Å². The first kappa shape index (κ1) is 9.96. The second-order valence-corrected chi connectivity index (χ2v) is 3.95. The Morgan fingerprint density at radius 3 is 2.71 bits per heavy atom. The van der Waals surface area contributed by atoms with Gasteiger partial charge in [0.2, 0.25) is 0 Å². The number of hydrogen-bond donors (Lipinski definition) is 0. The highest BCUT2D eigenvalue weighted by Crippen LogP contribution is 2.42. The van der Waals surface area contributed by atoms with Crippen molar-refractivity contribution in [3.05, 3.63) is 0 Å². The van der Waals surface area contributed by atoms with E-state index in [-0.39, 0.29) is 24.5 Å². The lowest BCUT2D eigenvalue weighted by Crippen LogP contribution is -2.39. The summed E-state index contributed by atoms with van der Waals surface area (Å²) in [5, 5.41) is 0. The van der Waals surface area contributed by atoms with E-state index >= 15 is 0 Å². The van der Waals surface area contributed by atoms with Crippen molar-refractivity contribution in [2.75, 3.05) is 6.61 Å². The van der Waals surface area contributed by atoms with Crippen LogP contribution in [0.25, 0.3) is 0 Å². The van der Waals surface area contributed by atoms with E-state index in [1.165, 1.54) is 0 Å². The summed E-state index contributed by atoms with van der Waals surface area (Å²) in [4.78, 5) is 11.4. The molecular weight excluding hydrogens is 197 g/mol. The molecule has 80 valence electrons. The van der Waals surface area contributed by atoms with Crippen LogP contribution in [0.2, 0.25) is 0 Å². The predicted molar refractivity (Wildman–Crippen MR) is 41.6 cm³/mol. The van der Waals surface area contributed by atoms with E-state index in [0.29, 0.717) is 13.0 Å². The molecule has 0 aromatic rings. The quantitative estimate of drug-likeness (QED) is 0.608. The van der Waals surface area contributed by atoms with Crippen molar-refractivity contribution in [3.63, 3.8) is 0 Å². The average Bonchev–Trinajstić information content (AvgIpc) is 2.50. The smallest absolute Gasteiger partial charge is 0.377 e. The Balaban J connectivity index is 2.10. The minimum atomic E-state index is -4.26. The van der Waals surface area contributed by atoms with Crippen molar-refractivity contribution in [2.45, 2.75) is 31.5 Å². The van der Waals surface area contributed by atoms with Crippen LogP contribution < -0.4 is 0 Å². The molecule has 0 amide bonds. The van der Waals surface area contributed by atoms with E-state index in [1.807, 2.05) is 0 Å². The van der Waals surface area contributed by atoms with Gasteiger partial charge in [0.1, 0.15) is 5.78 Å². The molecule has 1 saturated heterocycles. The fourth-order valence-corrected chi connectivity index (χ4v) is 2.26. The molecule has 3 unspecified atom stereocenters. The van der Waals surface area contributed by atoms with Gasteiger partial charge in [-0.15, -0.1) is 0 Å². The third-order valence-electron chi connectivity index (χ3n) is 3.05. The van der Waals surface area contributed by atoms with E-state index in [0.717, 1.165) is 0 Å². The maximum atomic E-state index is 12.4. The zero-order chi connectivity index (χ0) is 10.3. The predicted octanol–water partition coefficient (Wildman–Crippen LogP) is 1.93. The van der Waals surface area contributed by atoms with Crippen LogP contribution in [0.15, 0.2) is 0 Å². The van der Waals surface area contributed by atoms with Gasteiger partial charge in [-0.05, 0) is 12.8 Å². The third-order valence-corrected chi connectivity index (χ3v) is 3.05. The molecule has 1 aliphatic heterocycles. The molecule has 2 aliphatic rings. The Kier molecular flexibility index (Phi) is 2.29. The summed E-state index contributed by atoms with van der Waals surface area (Å²) in [6, 6.07) is 0. The minimum absolute atomic E-state index is 0.0418. The third kappa shape index (κ3) is 1.65. The number of alkyl halides is 3. The molecule has 0 bridgehead atoms. The zero-order valence-electron chi connectivity index (χ0n) is 7.51. The number of ketones is 1. The summed E-state index contributed by atoms with van der Waals surface area (Å²) in [6.45, 7) is 0.422. The number of carbonyl (C=O) groups is 1. The highest BCUT2D eigenvalue weighted by atomic mass is 19.4. The summed E-state index contributed by atoms with van der Waals surface area (Å²) in [5.41, 5.74) is 0. The van der Waals surface area contributed by atoms with Gasteiger partial charge < -0.3 is 4.74 Å². The molecular formula is C9H11F3O2. The molecule has 0 radical (unpaired) electrons. The highest BCUT2D eigenvalue weighted by Gasteiger charge is 2.49. The van der Waals surface area contributed by atoms with Gasteiger partial charge in [0.05, 0.1) is 12.0 Å². The van der Waals surface area contributed by atoms with Crippen LogP contribution in [-0.2, 0) is 9.53 Å². The maximum Gasteiger partial charge on any atom is 0.392 e. The zero-order valence-corrected chi connectivity index (χ0v) is 7.51. The van der Waals surface area contributed by atoms with Crippen LogP contribution in [0.4, 0.5) is 13.2 Å². The number of halogens is 3. The summed E-state index contributed by atoms with van der Waals surface area (Å²) in [7, 11) is 0. The fourth-order valence-electron chi connectivity index (χ4n) is 2.26. The Morgan fingerprint density at radius 1 is 1.36 bits per heavy atom.